The molecule has 110 valence electrons. The van der Waals surface area contributed by atoms with Crippen LogP contribution in [0.5, 0.6) is 0 Å². The lowest BCUT2D eigenvalue weighted by Gasteiger charge is -2.12. The normalized spacial score (nSPS) is 21.0. The molecule has 1 saturated heterocycles. The second-order valence-corrected chi connectivity index (χ2v) is 4.53. The molecule has 1 aromatic carbocycles. The molecule has 0 aliphatic carbocycles. The molecule has 2 N–H and O–H groups in total. The first-order valence-electron chi connectivity index (χ1n) is 5.90. The molecule has 8 nitrogen and oxygen atoms in total. The van der Waals surface area contributed by atoms with E-state index in [1.54, 1.807) is 0 Å². The maximum Gasteiger partial charge on any atom is 0.271 e. The predicted octanol–water partition coefficient (Wildman–Crippen LogP) is 0.581. The van der Waals surface area contributed by atoms with Crippen LogP contribution < -0.4 is 10.6 Å². The Morgan fingerprint density at radius 1 is 1.38 bits per heavy atom. The Morgan fingerprint density at radius 2 is 2.05 bits per heavy atom. The summed E-state index contributed by atoms with van der Waals surface area (Å²) in [6.45, 7) is 1.38. The van der Waals surface area contributed by atoms with E-state index in [2.05, 4.69) is 5.32 Å². The van der Waals surface area contributed by atoms with E-state index in [0.717, 1.165) is 18.2 Å². The molecule has 0 radical (unpaired) electrons. The van der Waals surface area contributed by atoms with Crippen LogP contribution in [0, 0.1) is 27.8 Å². The minimum Gasteiger partial charge on any atom is -0.323 e. The number of amides is 3. The van der Waals surface area contributed by atoms with Gasteiger partial charge in [-0.1, -0.05) is 6.92 Å². The minimum atomic E-state index is -1.30. The molecule has 1 aliphatic heterocycles. The fraction of sp³-hybridized carbons (Fsp3) is 0.250. The molecule has 0 spiro atoms. The predicted molar refractivity (Wildman–Crippen MR) is 67.5 cm³/mol. The van der Waals surface area contributed by atoms with Crippen LogP contribution in [-0.2, 0) is 14.4 Å². The zero-order valence-corrected chi connectivity index (χ0v) is 10.8. The number of hydrogen-bond donors (Lipinski definition) is 2. The number of nitrogens with zero attached hydrogens (tertiary/aromatic N) is 1. The quantitative estimate of drug-likeness (QED) is 0.366. The van der Waals surface area contributed by atoms with Crippen LogP contribution in [0.25, 0.3) is 0 Å². The van der Waals surface area contributed by atoms with Crippen molar-refractivity contribution in [3.05, 3.63) is 34.1 Å². The summed E-state index contributed by atoms with van der Waals surface area (Å²) in [4.78, 5) is 44.6. The van der Waals surface area contributed by atoms with E-state index in [-0.39, 0.29) is 0 Å². The van der Waals surface area contributed by atoms with Gasteiger partial charge in [0.15, 0.2) is 0 Å². The summed E-state index contributed by atoms with van der Waals surface area (Å²) in [5.41, 5.74) is -0.833. The highest BCUT2D eigenvalue weighted by Crippen LogP contribution is 2.24. The van der Waals surface area contributed by atoms with Crippen molar-refractivity contribution in [2.24, 2.45) is 11.8 Å². The van der Waals surface area contributed by atoms with Gasteiger partial charge in [0.2, 0.25) is 17.7 Å². The highest BCUT2D eigenvalue weighted by molar-refractivity contribution is 6.17. The number of hydrogen-bond acceptors (Lipinski definition) is 5. The van der Waals surface area contributed by atoms with Gasteiger partial charge in [-0.2, -0.15) is 0 Å². The summed E-state index contributed by atoms with van der Waals surface area (Å²) in [6, 6.07) is 2.61. The van der Waals surface area contributed by atoms with Gasteiger partial charge < -0.3 is 5.32 Å². The number of rotatable bonds is 3. The van der Waals surface area contributed by atoms with E-state index in [9.17, 15) is 28.9 Å². The molecule has 2 atom stereocenters. The molecule has 9 heteroatoms. The van der Waals surface area contributed by atoms with E-state index in [1.807, 2.05) is 5.32 Å². The van der Waals surface area contributed by atoms with Gasteiger partial charge in [0.25, 0.3) is 5.69 Å². The molecule has 1 aromatic rings. The number of benzene rings is 1. The van der Waals surface area contributed by atoms with Crippen molar-refractivity contribution in [2.75, 3.05) is 5.32 Å². The van der Waals surface area contributed by atoms with Gasteiger partial charge in [0, 0.05) is 12.1 Å². The average molecular weight is 295 g/mol. The van der Waals surface area contributed by atoms with Crippen molar-refractivity contribution in [2.45, 2.75) is 6.92 Å². The van der Waals surface area contributed by atoms with Crippen molar-refractivity contribution >= 4 is 29.1 Å². The van der Waals surface area contributed by atoms with Crippen molar-refractivity contribution in [1.82, 2.24) is 5.32 Å². The summed E-state index contributed by atoms with van der Waals surface area (Å²) in [5.74, 6) is -5.34. The zero-order valence-electron chi connectivity index (χ0n) is 10.8. The van der Waals surface area contributed by atoms with E-state index < -0.39 is 51.7 Å². The van der Waals surface area contributed by atoms with Gasteiger partial charge in [0.05, 0.1) is 16.5 Å². The fourth-order valence-corrected chi connectivity index (χ4v) is 1.97. The third kappa shape index (κ3) is 2.71. The zero-order chi connectivity index (χ0) is 15.7. The van der Waals surface area contributed by atoms with Gasteiger partial charge in [-0.25, -0.2) is 4.39 Å². The van der Waals surface area contributed by atoms with Crippen LogP contribution >= 0.6 is 0 Å². The summed E-state index contributed by atoms with van der Waals surface area (Å²) < 4.78 is 13.5. The van der Waals surface area contributed by atoms with Crippen LogP contribution in [0.1, 0.15) is 6.92 Å². The van der Waals surface area contributed by atoms with Crippen molar-refractivity contribution in [3.63, 3.8) is 0 Å². The van der Waals surface area contributed by atoms with Gasteiger partial charge in [0.1, 0.15) is 11.7 Å². The van der Waals surface area contributed by atoms with Crippen LogP contribution in [0.3, 0.4) is 0 Å². The number of nitro benzene ring substituents is 1. The van der Waals surface area contributed by atoms with Crippen molar-refractivity contribution < 1.29 is 23.7 Å². The lowest BCUT2D eigenvalue weighted by molar-refractivity contribution is -0.384. The molecule has 1 fully saturated rings. The Morgan fingerprint density at radius 3 is 2.57 bits per heavy atom. The Kier molecular flexibility index (Phi) is 3.66. The minimum absolute atomic E-state index is 0.410. The Hall–Kier alpha value is -2.84. The lowest BCUT2D eigenvalue weighted by Crippen LogP contribution is -2.32. The first-order chi connectivity index (χ1) is 9.81. The van der Waals surface area contributed by atoms with Gasteiger partial charge in [-0.15, -0.1) is 0 Å². The Labute approximate surface area is 117 Å². The number of carbonyl (C=O) groups excluding carboxylic acids is 3. The molecular weight excluding hydrogens is 285 g/mol. The second kappa shape index (κ2) is 5.27. The standard InChI is InChI=1S/C12H10FN3O5/c1-5-9(12(19)15-10(5)17)11(18)14-8-4-6(16(20)21)2-3-7(8)13/h2-5,9H,1H3,(H,14,18)(H,15,17,19). The van der Waals surface area contributed by atoms with E-state index in [0.29, 0.717) is 0 Å². The molecule has 0 aromatic heterocycles. The van der Waals surface area contributed by atoms with Crippen molar-refractivity contribution in [3.8, 4) is 0 Å². The third-order valence-corrected chi connectivity index (χ3v) is 3.14. The summed E-state index contributed by atoms with van der Waals surface area (Å²) in [6.07, 6.45) is 0. The lowest BCUT2D eigenvalue weighted by atomic mass is 9.96. The first-order valence-corrected chi connectivity index (χ1v) is 5.90. The highest BCUT2D eigenvalue weighted by Gasteiger charge is 2.43. The largest absolute Gasteiger partial charge is 0.323 e. The maximum absolute atomic E-state index is 13.5. The number of non-ortho nitro benzene ring substituents is 1. The number of imide groups is 1. The molecule has 1 heterocycles. The first kappa shape index (κ1) is 14.6. The van der Waals surface area contributed by atoms with E-state index in [4.69, 9.17) is 0 Å². The number of nitro groups is 1. The Balaban J connectivity index is 2.24. The van der Waals surface area contributed by atoms with Crippen molar-refractivity contribution in [1.29, 1.82) is 0 Å². The summed E-state index contributed by atoms with van der Waals surface area (Å²) in [5, 5.41) is 14.7. The number of halogens is 1. The highest BCUT2D eigenvalue weighted by atomic mass is 19.1. The molecular formula is C12H10FN3O5. The fourth-order valence-electron chi connectivity index (χ4n) is 1.97. The van der Waals surface area contributed by atoms with Crippen LogP contribution in [0.2, 0.25) is 0 Å². The summed E-state index contributed by atoms with van der Waals surface area (Å²) in [7, 11) is 0. The second-order valence-electron chi connectivity index (χ2n) is 4.53. The van der Waals surface area contributed by atoms with Gasteiger partial charge in [-0.05, 0) is 6.07 Å². The molecule has 0 saturated carbocycles. The molecule has 1 aliphatic rings. The SMILES string of the molecule is CC1C(=O)NC(=O)C1C(=O)Nc1cc([N+](=O)[O-])ccc1F. The number of nitrogens with one attached hydrogen (secondary N) is 2. The third-order valence-electron chi connectivity index (χ3n) is 3.14. The molecule has 21 heavy (non-hydrogen) atoms. The average Bonchev–Trinajstić information content (AvgIpc) is 2.65. The topological polar surface area (TPSA) is 118 Å². The van der Waals surface area contributed by atoms with Gasteiger partial charge >= 0.3 is 0 Å². The van der Waals surface area contributed by atoms with Crippen LogP contribution in [0.15, 0.2) is 18.2 Å². The molecule has 2 unspecified atom stereocenters. The summed E-state index contributed by atoms with van der Waals surface area (Å²) >= 11 is 0. The molecule has 3 amide bonds. The van der Waals surface area contributed by atoms with Crippen LogP contribution in [0.4, 0.5) is 15.8 Å². The van der Waals surface area contributed by atoms with Crippen LogP contribution in [-0.4, -0.2) is 22.6 Å². The maximum atomic E-state index is 13.5. The number of anilines is 1. The molecule has 2 rings (SSSR count). The number of carbonyl (C=O) groups is 3. The van der Waals surface area contributed by atoms with E-state index in [1.165, 1.54) is 6.92 Å². The molecule has 0 bridgehead atoms. The van der Waals surface area contributed by atoms with Gasteiger partial charge in [-0.3, -0.25) is 29.8 Å². The smallest absolute Gasteiger partial charge is 0.271 e. The monoisotopic (exact) mass is 295 g/mol. The Bertz CT molecular complexity index is 660. The van der Waals surface area contributed by atoms with E-state index >= 15 is 0 Å².